The highest BCUT2D eigenvalue weighted by molar-refractivity contribution is 4.93. The van der Waals surface area contributed by atoms with Crippen LogP contribution in [-0.2, 0) is 9.47 Å². The fourth-order valence-corrected chi connectivity index (χ4v) is 0.647. The molecular weight excluding hydrogens is 104 g/mol. The predicted molar refractivity (Wildman–Crippen MR) is 30.3 cm³/mol. The van der Waals surface area contributed by atoms with Crippen molar-refractivity contribution in [2.24, 2.45) is 0 Å². The minimum Gasteiger partial charge on any atom is -0.470 e. The largest absolute Gasteiger partial charge is 0.470 e. The first kappa shape index (κ1) is 5.63. The van der Waals surface area contributed by atoms with E-state index in [1.165, 1.54) is 0 Å². The molecule has 0 aromatic carbocycles. The summed E-state index contributed by atoms with van der Waals surface area (Å²) in [6, 6.07) is 0. The van der Waals surface area contributed by atoms with Crippen LogP contribution in [0.2, 0.25) is 0 Å². The van der Waals surface area contributed by atoms with E-state index in [4.69, 9.17) is 9.47 Å². The van der Waals surface area contributed by atoms with Gasteiger partial charge in [-0.2, -0.15) is 0 Å². The zero-order valence-corrected chi connectivity index (χ0v) is 5.02. The SMILES string of the molecule is CC/C=C1\COCO1. The molecule has 0 aliphatic carbocycles. The molecule has 1 rings (SSSR count). The quantitative estimate of drug-likeness (QED) is 0.511. The first-order chi connectivity index (χ1) is 3.93. The van der Waals surface area contributed by atoms with Gasteiger partial charge in [0.05, 0.1) is 0 Å². The minimum absolute atomic E-state index is 0.436. The van der Waals surface area contributed by atoms with Crippen molar-refractivity contribution in [3.63, 3.8) is 0 Å². The van der Waals surface area contributed by atoms with Gasteiger partial charge in [0.1, 0.15) is 12.4 Å². The highest BCUT2D eigenvalue weighted by Crippen LogP contribution is 2.06. The van der Waals surface area contributed by atoms with Gasteiger partial charge >= 0.3 is 0 Å². The molecule has 0 bridgehead atoms. The van der Waals surface area contributed by atoms with Gasteiger partial charge < -0.3 is 9.47 Å². The average molecular weight is 114 g/mol. The molecule has 0 saturated carbocycles. The molecule has 1 aliphatic heterocycles. The lowest BCUT2D eigenvalue weighted by Crippen LogP contribution is -1.80. The number of ether oxygens (including phenoxy) is 2. The van der Waals surface area contributed by atoms with E-state index in [-0.39, 0.29) is 0 Å². The summed E-state index contributed by atoms with van der Waals surface area (Å²) in [5.74, 6) is 0.979. The predicted octanol–water partition coefficient (Wildman–Crippen LogP) is 1.28. The molecule has 46 valence electrons. The van der Waals surface area contributed by atoms with Gasteiger partial charge in [0, 0.05) is 0 Å². The lowest BCUT2D eigenvalue weighted by Gasteiger charge is -1.89. The summed E-state index contributed by atoms with van der Waals surface area (Å²) >= 11 is 0. The van der Waals surface area contributed by atoms with Crippen molar-refractivity contribution in [1.82, 2.24) is 0 Å². The van der Waals surface area contributed by atoms with Crippen LogP contribution >= 0.6 is 0 Å². The van der Waals surface area contributed by atoms with Crippen molar-refractivity contribution in [2.45, 2.75) is 13.3 Å². The molecular formula is C6H10O2. The summed E-state index contributed by atoms with van der Waals surface area (Å²) in [4.78, 5) is 0. The summed E-state index contributed by atoms with van der Waals surface area (Å²) in [5.41, 5.74) is 0. The molecule has 0 N–H and O–H groups in total. The first-order valence-electron chi connectivity index (χ1n) is 2.83. The Morgan fingerprint density at radius 3 is 3.12 bits per heavy atom. The molecule has 0 unspecified atom stereocenters. The van der Waals surface area contributed by atoms with E-state index in [9.17, 15) is 0 Å². The molecule has 0 radical (unpaired) electrons. The Balaban J connectivity index is 2.33. The molecule has 1 heterocycles. The molecule has 0 aromatic rings. The highest BCUT2D eigenvalue weighted by Gasteiger charge is 2.04. The third-order valence-corrected chi connectivity index (χ3v) is 1.00. The lowest BCUT2D eigenvalue weighted by molar-refractivity contribution is 0.0799. The van der Waals surface area contributed by atoms with E-state index >= 15 is 0 Å². The van der Waals surface area contributed by atoms with Crippen LogP contribution in [0.15, 0.2) is 11.8 Å². The van der Waals surface area contributed by atoms with Crippen molar-refractivity contribution in [2.75, 3.05) is 13.4 Å². The van der Waals surface area contributed by atoms with Gasteiger partial charge in [-0.05, 0) is 12.5 Å². The topological polar surface area (TPSA) is 18.5 Å². The van der Waals surface area contributed by atoms with Crippen LogP contribution in [0.3, 0.4) is 0 Å². The van der Waals surface area contributed by atoms with Crippen molar-refractivity contribution >= 4 is 0 Å². The van der Waals surface area contributed by atoms with Crippen LogP contribution in [0, 0.1) is 0 Å². The lowest BCUT2D eigenvalue weighted by atomic mass is 10.4. The molecule has 0 aromatic heterocycles. The first-order valence-corrected chi connectivity index (χ1v) is 2.83. The van der Waals surface area contributed by atoms with Gasteiger partial charge in [-0.15, -0.1) is 0 Å². The summed E-state index contributed by atoms with van der Waals surface area (Å²) in [7, 11) is 0. The van der Waals surface area contributed by atoms with Gasteiger partial charge in [-0.1, -0.05) is 6.92 Å². The fourth-order valence-electron chi connectivity index (χ4n) is 0.647. The maximum Gasteiger partial charge on any atom is 0.189 e. The van der Waals surface area contributed by atoms with Crippen molar-refractivity contribution < 1.29 is 9.47 Å². The molecule has 1 fully saturated rings. The summed E-state index contributed by atoms with van der Waals surface area (Å²) in [5, 5.41) is 0. The Hall–Kier alpha value is -0.500. The Morgan fingerprint density at radius 2 is 2.62 bits per heavy atom. The number of allylic oxidation sites excluding steroid dienone is 1. The Morgan fingerprint density at radius 1 is 1.75 bits per heavy atom. The van der Waals surface area contributed by atoms with Crippen LogP contribution in [0.4, 0.5) is 0 Å². The maximum absolute atomic E-state index is 5.03. The molecule has 2 nitrogen and oxygen atoms in total. The zero-order chi connectivity index (χ0) is 5.82. The van der Waals surface area contributed by atoms with Crippen LogP contribution in [0.1, 0.15) is 13.3 Å². The highest BCUT2D eigenvalue weighted by atomic mass is 16.7. The molecule has 0 spiro atoms. The van der Waals surface area contributed by atoms with Crippen molar-refractivity contribution in [3.05, 3.63) is 11.8 Å². The third-order valence-electron chi connectivity index (χ3n) is 1.00. The second-order valence-corrected chi connectivity index (χ2v) is 1.69. The van der Waals surface area contributed by atoms with Gasteiger partial charge in [0.15, 0.2) is 6.79 Å². The van der Waals surface area contributed by atoms with Crippen molar-refractivity contribution in [1.29, 1.82) is 0 Å². The van der Waals surface area contributed by atoms with Crippen molar-refractivity contribution in [3.8, 4) is 0 Å². The Bertz CT molecular complexity index is 88.7. The standard InChI is InChI=1S/C6H10O2/c1-2-3-6-4-7-5-8-6/h3H,2,4-5H2,1H3/b6-3+. The van der Waals surface area contributed by atoms with E-state index in [2.05, 4.69) is 6.92 Å². The molecule has 1 saturated heterocycles. The summed E-state index contributed by atoms with van der Waals surface area (Å²) in [6.45, 7) is 3.17. The van der Waals surface area contributed by atoms with Crippen LogP contribution in [0.25, 0.3) is 0 Å². The van der Waals surface area contributed by atoms with E-state index in [1.54, 1.807) is 0 Å². The van der Waals surface area contributed by atoms with Gasteiger partial charge in [-0.25, -0.2) is 0 Å². The van der Waals surface area contributed by atoms with E-state index in [0.29, 0.717) is 13.4 Å². The van der Waals surface area contributed by atoms with Gasteiger partial charge in [0.25, 0.3) is 0 Å². The molecule has 8 heavy (non-hydrogen) atoms. The van der Waals surface area contributed by atoms with E-state index in [0.717, 1.165) is 12.2 Å². The number of rotatable bonds is 1. The maximum atomic E-state index is 5.03. The van der Waals surface area contributed by atoms with Gasteiger partial charge in [0.2, 0.25) is 0 Å². The molecule has 2 heteroatoms. The molecule has 0 amide bonds. The number of hydrogen-bond acceptors (Lipinski definition) is 2. The summed E-state index contributed by atoms with van der Waals surface area (Å²) < 4.78 is 9.95. The van der Waals surface area contributed by atoms with E-state index < -0.39 is 0 Å². The Kier molecular flexibility index (Phi) is 1.92. The third kappa shape index (κ3) is 1.23. The monoisotopic (exact) mass is 114 g/mol. The van der Waals surface area contributed by atoms with Crippen LogP contribution in [0.5, 0.6) is 0 Å². The van der Waals surface area contributed by atoms with E-state index in [1.807, 2.05) is 6.08 Å². The second-order valence-electron chi connectivity index (χ2n) is 1.69. The number of hydrogen-bond donors (Lipinski definition) is 0. The van der Waals surface area contributed by atoms with Crippen LogP contribution in [-0.4, -0.2) is 13.4 Å². The second kappa shape index (κ2) is 2.72. The minimum atomic E-state index is 0.436. The summed E-state index contributed by atoms with van der Waals surface area (Å²) in [6.07, 6.45) is 3.06. The molecule has 1 aliphatic rings. The smallest absolute Gasteiger partial charge is 0.189 e. The normalized spacial score (nSPS) is 23.9. The Labute approximate surface area is 49.1 Å². The van der Waals surface area contributed by atoms with Crippen LogP contribution < -0.4 is 0 Å². The average Bonchev–Trinajstić information content (AvgIpc) is 2.19. The molecule has 0 atom stereocenters. The van der Waals surface area contributed by atoms with Gasteiger partial charge in [-0.3, -0.25) is 0 Å². The fraction of sp³-hybridized carbons (Fsp3) is 0.667. The zero-order valence-electron chi connectivity index (χ0n) is 5.02.